The maximum absolute atomic E-state index is 5.40. The summed E-state index contributed by atoms with van der Waals surface area (Å²) >= 11 is 1.77. The normalized spacial score (nSPS) is 14.4. The molecule has 0 fully saturated rings. The van der Waals surface area contributed by atoms with E-state index in [1.165, 1.54) is 10.5 Å². The molecule has 3 heteroatoms. The molecule has 0 aliphatic heterocycles. The van der Waals surface area contributed by atoms with Gasteiger partial charge in [0.25, 0.3) is 0 Å². The molecule has 0 saturated carbocycles. The Morgan fingerprint density at radius 1 is 1.06 bits per heavy atom. The average molecular weight is 261 g/mol. The van der Waals surface area contributed by atoms with E-state index in [4.69, 9.17) is 4.42 Å². The Morgan fingerprint density at radius 3 is 2.33 bits per heavy atom. The van der Waals surface area contributed by atoms with Crippen LogP contribution in [0.5, 0.6) is 0 Å². The predicted molar refractivity (Wildman–Crippen MR) is 76.9 cm³/mol. The molecule has 1 unspecified atom stereocenters. The van der Waals surface area contributed by atoms with Crippen molar-refractivity contribution in [2.24, 2.45) is 0 Å². The molecule has 1 heterocycles. The second-order valence-corrected chi connectivity index (χ2v) is 5.28. The maximum Gasteiger partial charge on any atom is 0.120 e. The Balaban J connectivity index is 2.00. The molecule has 0 radical (unpaired) electrons. The van der Waals surface area contributed by atoms with Gasteiger partial charge >= 0.3 is 0 Å². The highest BCUT2D eigenvalue weighted by molar-refractivity contribution is 7.98. The van der Waals surface area contributed by atoms with Crippen molar-refractivity contribution >= 4 is 11.8 Å². The van der Waals surface area contributed by atoms with Crippen LogP contribution < -0.4 is 5.32 Å². The minimum absolute atomic E-state index is 0.218. The molecule has 1 N–H and O–H groups in total. The van der Waals surface area contributed by atoms with E-state index in [2.05, 4.69) is 49.7 Å². The van der Waals surface area contributed by atoms with Crippen LogP contribution in [0, 0.1) is 0 Å². The van der Waals surface area contributed by atoms with E-state index in [0.717, 1.165) is 5.76 Å². The van der Waals surface area contributed by atoms with Gasteiger partial charge in [0, 0.05) is 10.9 Å². The van der Waals surface area contributed by atoms with Crippen LogP contribution >= 0.6 is 11.8 Å². The smallest absolute Gasteiger partial charge is 0.120 e. The second-order valence-electron chi connectivity index (χ2n) is 4.40. The fraction of sp³-hybridized carbons (Fsp3) is 0.333. The van der Waals surface area contributed by atoms with Gasteiger partial charge in [0.2, 0.25) is 0 Å². The van der Waals surface area contributed by atoms with Crippen molar-refractivity contribution in [1.82, 2.24) is 5.32 Å². The summed E-state index contributed by atoms with van der Waals surface area (Å²) in [4.78, 5) is 1.30. The number of benzene rings is 1. The number of hydrogen-bond donors (Lipinski definition) is 1. The summed E-state index contributed by atoms with van der Waals surface area (Å²) in [6.07, 6.45) is 3.81. The Morgan fingerprint density at radius 2 is 1.78 bits per heavy atom. The fourth-order valence-corrected chi connectivity index (χ4v) is 2.39. The number of hydrogen-bond acceptors (Lipinski definition) is 3. The molecule has 18 heavy (non-hydrogen) atoms. The highest BCUT2D eigenvalue weighted by atomic mass is 32.2. The summed E-state index contributed by atoms with van der Waals surface area (Å²) in [7, 11) is 0. The van der Waals surface area contributed by atoms with Crippen molar-refractivity contribution in [1.29, 1.82) is 0 Å². The minimum Gasteiger partial charge on any atom is -0.468 e. The van der Waals surface area contributed by atoms with Gasteiger partial charge in [-0.15, -0.1) is 11.8 Å². The van der Waals surface area contributed by atoms with E-state index < -0.39 is 0 Å². The van der Waals surface area contributed by atoms with Gasteiger partial charge in [-0.05, 0) is 49.9 Å². The number of thioether (sulfide) groups is 1. The molecule has 2 rings (SSSR count). The van der Waals surface area contributed by atoms with Crippen LogP contribution in [0.1, 0.15) is 37.3 Å². The van der Waals surface area contributed by atoms with Gasteiger partial charge in [0.05, 0.1) is 12.3 Å². The molecule has 1 aromatic heterocycles. The standard InChI is InChI=1S/C15H19NOS/c1-11(13-6-8-14(18-3)9-7-13)16-12(2)15-5-4-10-17-15/h4-12,16H,1-3H3/t11?,12-/m1/s1. The Hall–Kier alpha value is -1.19. The van der Waals surface area contributed by atoms with Crippen molar-refractivity contribution in [3.05, 3.63) is 54.0 Å². The first-order valence-electron chi connectivity index (χ1n) is 6.14. The lowest BCUT2D eigenvalue weighted by Gasteiger charge is -2.19. The van der Waals surface area contributed by atoms with Crippen LogP contribution in [0.4, 0.5) is 0 Å². The third-order valence-electron chi connectivity index (χ3n) is 3.09. The van der Waals surface area contributed by atoms with E-state index in [-0.39, 0.29) is 6.04 Å². The summed E-state index contributed by atoms with van der Waals surface area (Å²) < 4.78 is 5.40. The molecule has 0 bridgehead atoms. The zero-order valence-electron chi connectivity index (χ0n) is 11.0. The minimum atomic E-state index is 0.218. The second kappa shape index (κ2) is 6.12. The molecule has 96 valence electrons. The molecule has 0 amide bonds. The van der Waals surface area contributed by atoms with E-state index in [1.807, 2.05) is 12.1 Å². The topological polar surface area (TPSA) is 25.2 Å². The maximum atomic E-state index is 5.40. The molecule has 0 aliphatic rings. The van der Waals surface area contributed by atoms with Gasteiger partial charge in [-0.1, -0.05) is 12.1 Å². The molecule has 2 atom stereocenters. The molecule has 0 saturated heterocycles. The van der Waals surface area contributed by atoms with Gasteiger partial charge in [-0.2, -0.15) is 0 Å². The fourth-order valence-electron chi connectivity index (χ4n) is 1.98. The first-order valence-corrected chi connectivity index (χ1v) is 7.36. The monoisotopic (exact) mass is 261 g/mol. The van der Waals surface area contributed by atoms with E-state index in [1.54, 1.807) is 18.0 Å². The molecule has 0 aliphatic carbocycles. The van der Waals surface area contributed by atoms with Crippen LogP contribution in [0.2, 0.25) is 0 Å². The highest BCUT2D eigenvalue weighted by Gasteiger charge is 2.12. The van der Waals surface area contributed by atoms with E-state index >= 15 is 0 Å². The molecular weight excluding hydrogens is 242 g/mol. The van der Waals surface area contributed by atoms with Gasteiger partial charge in [0.15, 0.2) is 0 Å². The summed E-state index contributed by atoms with van der Waals surface area (Å²) in [5.41, 5.74) is 1.30. The lowest BCUT2D eigenvalue weighted by molar-refractivity contribution is 0.403. The SMILES string of the molecule is CSc1ccc(C(C)N[C@H](C)c2ccco2)cc1. The summed E-state index contributed by atoms with van der Waals surface area (Å²) in [6.45, 7) is 4.29. The third kappa shape index (κ3) is 3.18. The quantitative estimate of drug-likeness (QED) is 0.807. The first-order chi connectivity index (χ1) is 8.70. The Bertz CT molecular complexity index is 464. The van der Waals surface area contributed by atoms with Gasteiger partial charge in [-0.25, -0.2) is 0 Å². The average Bonchev–Trinajstić information content (AvgIpc) is 2.92. The Labute approximate surface area is 113 Å². The highest BCUT2D eigenvalue weighted by Crippen LogP contribution is 2.22. The van der Waals surface area contributed by atoms with E-state index in [0.29, 0.717) is 6.04 Å². The first kappa shape index (κ1) is 13.2. The zero-order chi connectivity index (χ0) is 13.0. The van der Waals surface area contributed by atoms with Crippen molar-refractivity contribution in [2.75, 3.05) is 6.26 Å². The molecule has 1 aromatic carbocycles. The van der Waals surface area contributed by atoms with Gasteiger partial charge < -0.3 is 9.73 Å². The molecule has 2 aromatic rings. The van der Waals surface area contributed by atoms with Crippen molar-refractivity contribution in [2.45, 2.75) is 30.8 Å². The van der Waals surface area contributed by atoms with Crippen molar-refractivity contribution in [3.8, 4) is 0 Å². The zero-order valence-corrected chi connectivity index (χ0v) is 11.8. The van der Waals surface area contributed by atoms with Crippen molar-refractivity contribution in [3.63, 3.8) is 0 Å². The molecule has 0 spiro atoms. The van der Waals surface area contributed by atoms with Crippen LogP contribution in [0.15, 0.2) is 52.0 Å². The number of rotatable bonds is 5. The number of nitrogens with one attached hydrogen (secondary N) is 1. The van der Waals surface area contributed by atoms with Gasteiger partial charge in [0.1, 0.15) is 5.76 Å². The Kier molecular flexibility index (Phi) is 4.50. The summed E-state index contributed by atoms with van der Waals surface area (Å²) in [5.74, 6) is 0.975. The van der Waals surface area contributed by atoms with Crippen LogP contribution in [-0.2, 0) is 0 Å². The van der Waals surface area contributed by atoms with Gasteiger partial charge in [-0.3, -0.25) is 0 Å². The molecular formula is C15H19NOS. The largest absolute Gasteiger partial charge is 0.468 e. The number of furan rings is 1. The summed E-state index contributed by atoms with van der Waals surface area (Å²) in [5, 5.41) is 3.54. The van der Waals surface area contributed by atoms with E-state index in [9.17, 15) is 0 Å². The lowest BCUT2D eigenvalue weighted by atomic mass is 10.1. The lowest BCUT2D eigenvalue weighted by Crippen LogP contribution is -2.22. The van der Waals surface area contributed by atoms with Crippen LogP contribution in [0.3, 0.4) is 0 Å². The predicted octanol–water partition coefficient (Wildman–Crippen LogP) is 4.41. The van der Waals surface area contributed by atoms with Crippen LogP contribution in [-0.4, -0.2) is 6.26 Å². The summed E-state index contributed by atoms with van der Waals surface area (Å²) in [6, 6.07) is 13.1. The van der Waals surface area contributed by atoms with Crippen molar-refractivity contribution < 1.29 is 4.42 Å². The molecule has 2 nitrogen and oxygen atoms in total. The van der Waals surface area contributed by atoms with Crippen LogP contribution in [0.25, 0.3) is 0 Å². The third-order valence-corrected chi connectivity index (χ3v) is 3.83.